The molecule has 40 heavy (non-hydrogen) atoms. The Bertz CT molecular complexity index is 1640. The number of rotatable bonds is 7. The minimum atomic E-state index is -0.572. The number of benzene rings is 4. The second kappa shape index (κ2) is 12.0. The molecule has 0 unspecified atom stereocenters. The minimum Gasteiger partial charge on any atom is -0.454 e. The summed E-state index contributed by atoms with van der Waals surface area (Å²) in [5.41, 5.74) is 4.28. The molecule has 0 aliphatic carbocycles. The number of hydrazone groups is 1. The van der Waals surface area contributed by atoms with Crippen molar-refractivity contribution in [2.45, 2.75) is 0 Å². The third kappa shape index (κ3) is 6.48. The molecule has 0 atom stereocenters. The highest BCUT2D eigenvalue weighted by Crippen LogP contribution is 2.32. The number of nitrogens with zero attached hydrogens (tertiary/aromatic N) is 1. The fourth-order valence-corrected chi connectivity index (χ4v) is 4.17. The Hall–Kier alpha value is -4.67. The number of carbonyl (C=O) groups excluding carboxylic acids is 3. The fraction of sp³-hybridized carbons (Fsp3) is 0.0345. The number of hydrogen-bond acceptors (Lipinski definition) is 7. The molecule has 0 spiro atoms. The second-order valence-electron chi connectivity index (χ2n) is 8.38. The van der Waals surface area contributed by atoms with E-state index in [0.717, 1.165) is 4.47 Å². The predicted octanol–water partition coefficient (Wildman–Crippen LogP) is 6.07. The summed E-state index contributed by atoms with van der Waals surface area (Å²) in [4.78, 5) is 38.0. The zero-order chi connectivity index (χ0) is 28.1. The Kier molecular flexibility index (Phi) is 8.09. The van der Waals surface area contributed by atoms with Crippen LogP contribution in [0, 0.1) is 0 Å². The Labute approximate surface area is 241 Å². The van der Waals surface area contributed by atoms with E-state index < -0.39 is 11.9 Å². The number of carbonyl (C=O) groups is 3. The summed E-state index contributed by atoms with van der Waals surface area (Å²) < 4.78 is 16.8. The van der Waals surface area contributed by atoms with Crippen molar-refractivity contribution in [2.24, 2.45) is 5.10 Å². The molecule has 0 saturated heterocycles. The summed E-state index contributed by atoms with van der Waals surface area (Å²) in [6.45, 7) is 0.109. The molecule has 1 heterocycles. The van der Waals surface area contributed by atoms with Gasteiger partial charge in [0.1, 0.15) is 5.75 Å². The molecule has 1 aliphatic rings. The van der Waals surface area contributed by atoms with E-state index in [1.54, 1.807) is 78.9 Å². The molecule has 11 heteroatoms. The molecular weight excluding hydrogens is 602 g/mol. The van der Waals surface area contributed by atoms with Crippen LogP contribution >= 0.6 is 27.5 Å². The maximum atomic E-state index is 12.7. The molecule has 5 rings (SSSR count). The number of anilines is 1. The van der Waals surface area contributed by atoms with Gasteiger partial charge < -0.3 is 19.5 Å². The lowest BCUT2D eigenvalue weighted by atomic mass is 10.1. The van der Waals surface area contributed by atoms with Crippen LogP contribution in [0.1, 0.15) is 36.6 Å². The number of nitrogens with one attached hydrogen (secondary N) is 2. The van der Waals surface area contributed by atoms with E-state index in [9.17, 15) is 14.4 Å². The van der Waals surface area contributed by atoms with Crippen molar-refractivity contribution >= 4 is 57.2 Å². The third-order valence-electron chi connectivity index (χ3n) is 5.64. The van der Waals surface area contributed by atoms with Crippen molar-refractivity contribution in [1.82, 2.24) is 5.43 Å². The first-order valence-corrected chi connectivity index (χ1v) is 12.9. The number of ether oxygens (including phenoxy) is 3. The van der Waals surface area contributed by atoms with Gasteiger partial charge in [0.25, 0.3) is 11.8 Å². The van der Waals surface area contributed by atoms with Gasteiger partial charge in [0.2, 0.25) is 6.79 Å². The van der Waals surface area contributed by atoms with Gasteiger partial charge in [-0.1, -0.05) is 33.6 Å². The number of fused-ring (bicyclic) bond motifs is 1. The van der Waals surface area contributed by atoms with Crippen molar-refractivity contribution in [3.05, 3.63) is 117 Å². The topological polar surface area (TPSA) is 115 Å². The van der Waals surface area contributed by atoms with Crippen LogP contribution in [0.5, 0.6) is 17.2 Å². The standard InChI is InChI=1S/C29H19BrClN3O6/c30-21-7-11-24(40-29(37)17-4-8-22(31)9-5-17)20(12-21)15-32-34-28(36)18-2-1-3-23(13-18)33-27(35)19-6-10-25-26(14-19)39-16-38-25/h1-15H,16H2,(H,33,35)(H,34,36). The summed E-state index contributed by atoms with van der Waals surface area (Å²) in [7, 11) is 0. The summed E-state index contributed by atoms with van der Waals surface area (Å²) in [6, 6.07) is 22.6. The molecule has 200 valence electrons. The smallest absolute Gasteiger partial charge is 0.343 e. The Morgan fingerprint density at radius 3 is 2.42 bits per heavy atom. The minimum absolute atomic E-state index is 0.109. The van der Waals surface area contributed by atoms with E-state index in [2.05, 4.69) is 31.8 Å². The average molecular weight is 621 g/mol. The first kappa shape index (κ1) is 26.9. The summed E-state index contributed by atoms with van der Waals surface area (Å²) in [5.74, 6) is -0.140. The van der Waals surface area contributed by atoms with Crippen LogP contribution in [-0.2, 0) is 0 Å². The van der Waals surface area contributed by atoms with Crippen LogP contribution in [-0.4, -0.2) is 30.8 Å². The van der Waals surface area contributed by atoms with E-state index in [4.69, 9.17) is 25.8 Å². The number of halogens is 2. The molecule has 2 N–H and O–H groups in total. The lowest BCUT2D eigenvalue weighted by molar-refractivity contribution is 0.0734. The second-order valence-corrected chi connectivity index (χ2v) is 9.73. The van der Waals surface area contributed by atoms with Crippen LogP contribution in [0.15, 0.2) is 94.5 Å². The van der Waals surface area contributed by atoms with Gasteiger partial charge in [0, 0.05) is 31.9 Å². The summed E-state index contributed by atoms with van der Waals surface area (Å²) in [5, 5.41) is 7.28. The van der Waals surface area contributed by atoms with Gasteiger partial charge in [-0.05, 0) is 78.9 Å². The molecule has 0 fully saturated rings. The van der Waals surface area contributed by atoms with E-state index in [1.807, 2.05) is 0 Å². The highest BCUT2D eigenvalue weighted by molar-refractivity contribution is 9.10. The van der Waals surface area contributed by atoms with Gasteiger partial charge >= 0.3 is 5.97 Å². The van der Waals surface area contributed by atoms with Crippen molar-refractivity contribution in [3.8, 4) is 17.2 Å². The lowest BCUT2D eigenvalue weighted by Gasteiger charge is -2.09. The Balaban J connectivity index is 1.24. The van der Waals surface area contributed by atoms with Gasteiger partial charge in [-0.25, -0.2) is 10.2 Å². The van der Waals surface area contributed by atoms with Gasteiger partial charge in [0.05, 0.1) is 11.8 Å². The zero-order valence-electron chi connectivity index (χ0n) is 20.5. The molecule has 0 aromatic heterocycles. The first-order valence-electron chi connectivity index (χ1n) is 11.8. The molecule has 0 saturated carbocycles. The molecule has 4 aromatic carbocycles. The largest absolute Gasteiger partial charge is 0.454 e. The Morgan fingerprint density at radius 2 is 1.60 bits per heavy atom. The lowest BCUT2D eigenvalue weighted by Crippen LogP contribution is -2.18. The van der Waals surface area contributed by atoms with Gasteiger partial charge in [-0.3, -0.25) is 9.59 Å². The predicted molar refractivity (Wildman–Crippen MR) is 153 cm³/mol. The molecule has 0 radical (unpaired) electrons. The van der Waals surface area contributed by atoms with Gasteiger partial charge in [0.15, 0.2) is 11.5 Å². The van der Waals surface area contributed by atoms with Crippen LogP contribution in [0.3, 0.4) is 0 Å². The van der Waals surface area contributed by atoms with E-state index >= 15 is 0 Å². The van der Waals surface area contributed by atoms with E-state index in [-0.39, 0.29) is 24.0 Å². The van der Waals surface area contributed by atoms with Gasteiger partial charge in [-0.2, -0.15) is 5.10 Å². The SMILES string of the molecule is O=C(NN=Cc1cc(Br)ccc1OC(=O)c1ccc(Cl)cc1)c1cccc(NC(=O)c2ccc3c(c2)OCO3)c1. The third-order valence-corrected chi connectivity index (χ3v) is 6.39. The summed E-state index contributed by atoms with van der Waals surface area (Å²) >= 11 is 9.26. The number of amides is 2. The maximum Gasteiger partial charge on any atom is 0.343 e. The number of esters is 1. The molecule has 4 aromatic rings. The van der Waals surface area contributed by atoms with Crippen molar-refractivity contribution in [3.63, 3.8) is 0 Å². The fourth-order valence-electron chi connectivity index (χ4n) is 3.66. The quantitative estimate of drug-likeness (QED) is 0.112. The van der Waals surface area contributed by atoms with Gasteiger partial charge in [-0.15, -0.1) is 0 Å². The highest BCUT2D eigenvalue weighted by atomic mass is 79.9. The van der Waals surface area contributed by atoms with Crippen molar-refractivity contribution in [1.29, 1.82) is 0 Å². The number of hydrogen-bond donors (Lipinski definition) is 2. The van der Waals surface area contributed by atoms with Crippen LogP contribution in [0.2, 0.25) is 5.02 Å². The van der Waals surface area contributed by atoms with E-state index in [1.165, 1.54) is 12.3 Å². The van der Waals surface area contributed by atoms with Crippen molar-refractivity contribution in [2.75, 3.05) is 12.1 Å². The van der Waals surface area contributed by atoms with Crippen LogP contribution in [0.25, 0.3) is 0 Å². The van der Waals surface area contributed by atoms with Crippen molar-refractivity contribution < 1.29 is 28.6 Å². The molecule has 2 amide bonds. The monoisotopic (exact) mass is 619 g/mol. The summed E-state index contributed by atoms with van der Waals surface area (Å²) in [6.07, 6.45) is 1.36. The molecule has 9 nitrogen and oxygen atoms in total. The highest BCUT2D eigenvalue weighted by Gasteiger charge is 2.17. The Morgan fingerprint density at radius 1 is 0.850 bits per heavy atom. The zero-order valence-corrected chi connectivity index (χ0v) is 22.9. The first-order chi connectivity index (χ1) is 19.4. The molecule has 0 bridgehead atoms. The normalized spacial score (nSPS) is 11.8. The van der Waals surface area contributed by atoms with Crippen LogP contribution < -0.4 is 25.0 Å². The van der Waals surface area contributed by atoms with Crippen LogP contribution in [0.4, 0.5) is 5.69 Å². The maximum absolute atomic E-state index is 12.7. The molecule has 1 aliphatic heterocycles. The molecular formula is C29H19BrClN3O6. The average Bonchev–Trinajstić information content (AvgIpc) is 3.43. The van der Waals surface area contributed by atoms with E-state index in [0.29, 0.717) is 38.9 Å².